The number of rotatable bonds is 5. The highest BCUT2D eigenvalue weighted by atomic mass is 32.1. The molecule has 1 N–H and O–H groups in total. The van der Waals surface area contributed by atoms with Crippen LogP contribution >= 0.6 is 11.3 Å². The first-order chi connectivity index (χ1) is 11.6. The highest BCUT2D eigenvalue weighted by Crippen LogP contribution is 2.24. The van der Waals surface area contributed by atoms with Gasteiger partial charge in [0, 0.05) is 17.0 Å². The molecule has 0 saturated carbocycles. The third-order valence-electron chi connectivity index (χ3n) is 3.42. The molecule has 0 spiro atoms. The maximum atomic E-state index is 12.1. The smallest absolute Gasteiger partial charge is 0.230 e. The van der Waals surface area contributed by atoms with Gasteiger partial charge in [0.1, 0.15) is 5.01 Å². The molecule has 0 unspecified atom stereocenters. The SMILES string of the molecule is COc1ccc(NC(=O)Cc2csc(-c3ccc(C)cc3)n2)cn1. The van der Waals surface area contributed by atoms with Gasteiger partial charge in [0.15, 0.2) is 0 Å². The monoisotopic (exact) mass is 339 g/mol. The third-order valence-corrected chi connectivity index (χ3v) is 4.36. The lowest BCUT2D eigenvalue weighted by atomic mass is 10.2. The van der Waals surface area contributed by atoms with E-state index in [-0.39, 0.29) is 12.3 Å². The number of thiazole rings is 1. The van der Waals surface area contributed by atoms with Crippen LogP contribution < -0.4 is 10.1 Å². The lowest BCUT2D eigenvalue weighted by molar-refractivity contribution is -0.115. The summed E-state index contributed by atoms with van der Waals surface area (Å²) < 4.78 is 4.99. The number of carbonyl (C=O) groups is 1. The molecule has 5 nitrogen and oxygen atoms in total. The highest BCUT2D eigenvalue weighted by molar-refractivity contribution is 7.13. The summed E-state index contributed by atoms with van der Waals surface area (Å²) in [6, 6.07) is 11.7. The van der Waals surface area contributed by atoms with Crippen LogP contribution in [0.3, 0.4) is 0 Å². The molecule has 0 radical (unpaired) electrons. The second-order valence-electron chi connectivity index (χ2n) is 5.32. The lowest BCUT2D eigenvalue weighted by Crippen LogP contribution is -2.14. The van der Waals surface area contributed by atoms with Crippen molar-refractivity contribution < 1.29 is 9.53 Å². The van der Waals surface area contributed by atoms with Crippen LogP contribution in [0.2, 0.25) is 0 Å². The zero-order chi connectivity index (χ0) is 16.9. The van der Waals surface area contributed by atoms with Gasteiger partial charge in [-0.1, -0.05) is 29.8 Å². The second-order valence-corrected chi connectivity index (χ2v) is 6.18. The summed E-state index contributed by atoms with van der Waals surface area (Å²) in [5.41, 5.74) is 3.67. The minimum atomic E-state index is -0.122. The van der Waals surface area contributed by atoms with Crippen LogP contribution in [0.4, 0.5) is 5.69 Å². The topological polar surface area (TPSA) is 64.1 Å². The average molecular weight is 339 g/mol. The maximum Gasteiger partial charge on any atom is 0.230 e. The Kier molecular flexibility index (Phi) is 4.86. The van der Waals surface area contributed by atoms with Gasteiger partial charge in [-0.3, -0.25) is 4.79 Å². The predicted octanol–water partition coefficient (Wildman–Crippen LogP) is 3.70. The van der Waals surface area contributed by atoms with Crippen LogP contribution in [-0.2, 0) is 11.2 Å². The molecule has 0 aliphatic rings. The number of nitrogens with zero attached hydrogens (tertiary/aromatic N) is 2. The molecule has 3 rings (SSSR count). The summed E-state index contributed by atoms with van der Waals surface area (Å²) >= 11 is 1.54. The van der Waals surface area contributed by atoms with Gasteiger partial charge in [-0.05, 0) is 13.0 Å². The molecule has 2 heterocycles. The molecular weight excluding hydrogens is 322 g/mol. The first kappa shape index (κ1) is 16.1. The fourth-order valence-electron chi connectivity index (χ4n) is 2.16. The van der Waals surface area contributed by atoms with Gasteiger partial charge in [0.2, 0.25) is 11.8 Å². The minimum Gasteiger partial charge on any atom is -0.481 e. The average Bonchev–Trinajstić information content (AvgIpc) is 3.04. The third kappa shape index (κ3) is 3.97. The number of amides is 1. The number of pyridine rings is 1. The normalized spacial score (nSPS) is 10.4. The number of benzene rings is 1. The summed E-state index contributed by atoms with van der Waals surface area (Å²) in [6.45, 7) is 2.05. The predicted molar refractivity (Wildman–Crippen MR) is 95.4 cm³/mol. The van der Waals surface area contributed by atoms with Gasteiger partial charge in [0.05, 0.1) is 31.1 Å². The lowest BCUT2D eigenvalue weighted by Gasteiger charge is -2.04. The highest BCUT2D eigenvalue weighted by Gasteiger charge is 2.09. The van der Waals surface area contributed by atoms with Crippen LogP contribution in [0.5, 0.6) is 5.88 Å². The Morgan fingerprint density at radius 3 is 2.67 bits per heavy atom. The first-order valence-electron chi connectivity index (χ1n) is 7.45. The molecule has 24 heavy (non-hydrogen) atoms. The minimum absolute atomic E-state index is 0.122. The maximum absolute atomic E-state index is 12.1. The number of ether oxygens (including phenoxy) is 1. The van der Waals surface area contributed by atoms with E-state index in [2.05, 4.69) is 34.3 Å². The van der Waals surface area contributed by atoms with Crippen molar-refractivity contribution in [3.05, 3.63) is 59.2 Å². The largest absolute Gasteiger partial charge is 0.481 e. The fourth-order valence-corrected chi connectivity index (χ4v) is 2.99. The molecular formula is C18H17N3O2S. The number of methoxy groups -OCH3 is 1. The van der Waals surface area contributed by atoms with Crippen LogP contribution in [0.25, 0.3) is 10.6 Å². The van der Waals surface area contributed by atoms with Crippen LogP contribution in [0, 0.1) is 6.92 Å². The number of aromatic nitrogens is 2. The van der Waals surface area contributed by atoms with Gasteiger partial charge >= 0.3 is 0 Å². The summed E-state index contributed by atoms with van der Waals surface area (Å²) in [4.78, 5) is 20.7. The first-order valence-corrected chi connectivity index (χ1v) is 8.33. The molecule has 122 valence electrons. The molecule has 1 aromatic carbocycles. The van der Waals surface area contributed by atoms with E-state index in [1.54, 1.807) is 36.8 Å². The molecule has 0 fully saturated rings. The molecule has 0 atom stereocenters. The molecule has 0 aliphatic carbocycles. The van der Waals surface area contributed by atoms with E-state index in [1.165, 1.54) is 5.56 Å². The quantitative estimate of drug-likeness (QED) is 0.770. The van der Waals surface area contributed by atoms with Gasteiger partial charge in [0.25, 0.3) is 0 Å². The van der Waals surface area contributed by atoms with Crippen LogP contribution in [0.15, 0.2) is 48.0 Å². The Labute approximate surface area is 144 Å². The summed E-state index contributed by atoms with van der Waals surface area (Å²) in [5.74, 6) is 0.387. The molecule has 0 aliphatic heterocycles. The van der Waals surface area contributed by atoms with E-state index in [9.17, 15) is 4.79 Å². The number of nitrogens with one attached hydrogen (secondary N) is 1. The van der Waals surface area contributed by atoms with E-state index in [0.29, 0.717) is 11.6 Å². The van der Waals surface area contributed by atoms with Crippen molar-refractivity contribution in [1.82, 2.24) is 9.97 Å². The number of hydrogen-bond acceptors (Lipinski definition) is 5. The number of anilines is 1. The molecule has 6 heteroatoms. The Bertz CT molecular complexity index is 826. The molecule has 0 bridgehead atoms. The van der Waals surface area contributed by atoms with E-state index < -0.39 is 0 Å². The van der Waals surface area contributed by atoms with Crippen molar-refractivity contribution in [3.63, 3.8) is 0 Å². The molecule has 3 aromatic rings. The van der Waals surface area contributed by atoms with E-state index in [1.807, 2.05) is 17.5 Å². The number of hydrogen-bond donors (Lipinski definition) is 1. The standard InChI is InChI=1S/C18H17N3O2S/c1-12-3-5-13(6-4-12)18-21-15(11-24-18)9-16(22)20-14-7-8-17(23-2)19-10-14/h3-8,10-11H,9H2,1-2H3,(H,20,22). The second kappa shape index (κ2) is 7.23. The Balaban J connectivity index is 1.63. The summed E-state index contributed by atoms with van der Waals surface area (Å²) in [6.07, 6.45) is 1.80. The molecule has 0 saturated heterocycles. The van der Waals surface area contributed by atoms with Crippen molar-refractivity contribution in [2.24, 2.45) is 0 Å². The van der Waals surface area contributed by atoms with E-state index in [4.69, 9.17) is 4.74 Å². The number of carbonyl (C=O) groups excluding carboxylic acids is 1. The summed E-state index contributed by atoms with van der Waals surface area (Å²) in [5, 5.41) is 5.64. The fraction of sp³-hybridized carbons (Fsp3) is 0.167. The van der Waals surface area contributed by atoms with Crippen LogP contribution in [0.1, 0.15) is 11.3 Å². The van der Waals surface area contributed by atoms with E-state index in [0.717, 1.165) is 16.3 Å². The Morgan fingerprint density at radius 2 is 2.00 bits per heavy atom. The van der Waals surface area contributed by atoms with Crippen molar-refractivity contribution in [2.45, 2.75) is 13.3 Å². The number of aryl methyl sites for hydroxylation is 1. The Morgan fingerprint density at radius 1 is 1.21 bits per heavy atom. The van der Waals surface area contributed by atoms with Gasteiger partial charge in [-0.15, -0.1) is 11.3 Å². The molecule has 1 amide bonds. The van der Waals surface area contributed by atoms with Gasteiger partial charge in [-0.25, -0.2) is 9.97 Å². The van der Waals surface area contributed by atoms with Crippen molar-refractivity contribution >= 4 is 22.9 Å². The van der Waals surface area contributed by atoms with Gasteiger partial charge in [-0.2, -0.15) is 0 Å². The molecule has 2 aromatic heterocycles. The zero-order valence-corrected chi connectivity index (χ0v) is 14.3. The van der Waals surface area contributed by atoms with E-state index >= 15 is 0 Å². The van der Waals surface area contributed by atoms with Crippen LogP contribution in [-0.4, -0.2) is 23.0 Å². The zero-order valence-electron chi connectivity index (χ0n) is 13.4. The van der Waals surface area contributed by atoms with Crippen molar-refractivity contribution in [2.75, 3.05) is 12.4 Å². The van der Waals surface area contributed by atoms with Gasteiger partial charge < -0.3 is 10.1 Å². The van der Waals surface area contributed by atoms with Crippen molar-refractivity contribution in [1.29, 1.82) is 0 Å². The van der Waals surface area contributed by atoms with Crippen molar-refractivity contribution in [3.8, 4) is 16.5 Å². The Hall–Kier alpha value is -2.73. The summed E-state index contributed by atoms with van der Waals surface area (Å²) in [7, 11) is 1.55.